The standard InChI is InChI=1S/C7H13N3O/c1-6(2)3-4-10-7(11)8-5-9-10/h5-6H,3-4H2,1-2H3,(H,8,9,11). The predicted octanol–water partition coefficient (Wildman–Crippen LogP) is 0.617. The Kier molecular flexibility index (Phi) is 2.46. The first-order chi connectivity index (χ1) is 5.20. The molecule has 1 heterocycles. The summed E-state index contributed by atoms with van der Waals surface area (Å²) in [6.07, 6.45) is 2.41. The van der Waals surface area contributed by atoms with E-state index in [1.54, 1.807) is 0 Å². The SMILES string of the molecule is CC(C)CCn1nc[nH]c1=O. The fraction of sp³-hybridized carbons (Fsp3) is 0.714. The van der Waals surface area contributed by atoms with E-state index in [1.165, 1.54) is 11.0 Å². The summed E-state index contributed by atoms with van der Waals surface area (Å²) in [5, 5.41) is 3.84. The summed E-state index contributed by atoms with van der Waals surface area (Å²) < 4.78 is 1.44. The van der Waals surface area contributed by atoms with Crippen LogP contribution in [0.3, 0.4) is 0 Å². The van der Waals surface area contributed by atoms with Crippen molar-refractivity contribution < 1.29 is 0 Å². The largest absolute Gasteiger partial charge is 0.343 e. The molecular formula is C7H13N3O. The van der Waals surface area contributed by atoms with Crippen molar-refractivity contribution in [3.05, 3.63) is 16.8 Å². The molecule has 1 aromatic heterocycles. The van der Waals surface area contributed by atoms with E-state index >= 15 is 0 Å². The molecule has 0 aliphatic carbocycles. The van der Waals surface area contributed by atoms with Crippen molar-refractivity contribution in [3.63, 3.8) is 0 Å². The van der Waals surface area contributed by atoms with Crippen LogP contribution in [0.2, 0.25) is 0 Å². The number of hydrogen-bond acceptors (Lipinski definition) is 2. The van der Waals surface area contributed by atoms with E-state index in [0.717, 1.165) is 6.42 Å². The van der Waals surface area contributed by atoms with E-state index in [0.29, 0.717) is 12.5 Å². The lowest BCUT2D eigenvalue weighted by Crippen LogP contribution is -2.18. The van der Waals surface area contributed by atoms with Crippen LogP contribution in [0.4, 0.5) is 0 Å². The van der Waals surface area contributed by atoms with Crippen molar-refractivity contribution in [1.29, 1.82) is 0 Å². The van der Waals surface area contributed by atoms with Crippen molar-refractivity contribution in [2.45, 2.75) is 26.8 Å². The van der Waals surface area contributed by atoms with Crippen LogP contribution in [0.1, 0.15) is 20.3 Å². The Balaban J connectivity index is 2.51. The number of nitrogens with one attached hydrogen (secondary N) is 1. The Morgan fingerprint density at radius 3 is 2.91 bits per heavy atom. The number of nitrogens with zero attached hydrogens (tertiary/aromatic N) is 2. The Morgan fingerprint density at radius 1 is 1.73 bits per heavy atom. The highest BCUT2D eigenvalue weighted by Gasteiger charge is 1.98. The number of aromatic amines is 1. The zero-order chi connectivity index (χ0) is 8.27. The first kappa shape index (κ1) is 8.04. The fourth-order valence-corrected chi connectivity index (χ4v) is 0.820. The van der Waals surface area contributed by atoms with Crippen LogP contribution in [0.25, 0.3) is 0 Å². The molecule has 0 saturated heterocycles. The highest BCUT2D eigenvalue weighted by Crippen LogP contribution is 1.98. The van der Waals surface area contributed by atoms with Gasteiger partial charge in [-0.1, -0.05) is 13.8 Å². The minimum Gasteiger partial charge on any atom is -0.295 e. The van der Waals surface area contributed by atoms with Gasteiger partial charge in [0.15, 0.2) is 0 Å². The molecule has 0 saturated carbocycles. The summed E-state index contributed by atoms with van der Waals surface area (Å²) in [7, 11) is 0. The van der Waals surface area contributed by atoms with Gasteiger partial charge in [-0.05, 0) is 12.3 Å². The predicted molar refractivity (Wildman–Crippen MR) is 42.3 cm³/mol. The minimum atomic E-state index is -0.120. The van der Waals surface area contributed by atoms with E-state index in [1.807, 2.05) is 0 Å². The van der Waals surface area contributed by atoms with Gasteiger partial charge >= 0.3 is 5.69 Å². The maximum absolute atomic E-state index is 10.9. The molecule has 4 nitrogen and oxygen atoms in total. The molecule has 0 radical (unpaired) electrons. The van der Waals surface area contributed by atoms with E-state index in [9.17, 15) is 4.79 Å². The third kappa shape index (κ3) is 2.22. The summed E-state index contributed by atoms with van der Waals surface area (Å²) in [5.74, 6) is 0.610. The molecule has 0 fully saturated rings. The Labute approximate surface area is 65.2 Å². The first-order valence-corrected chi connectivity index (χ1v) is 3.80. The van der Waals surface area contributed by atoms with E-state index in [2.05, 4.69) is 23.9 Å². The molecule has 4 heteroatoms. The zero-order valence-electron chi connectivity index (χ0n) is 6.87. The van der Waals surface area contributed by atoms with Crippen LogP contribution >= 0.6 is 0 Å². The third-order valence-corrected chi connectivity index (χ3v) is 1.54. The zero-order valence-corrected chi connectivity index (χ0v) is 6.87. The molecule has 0 unspecified atom stereocenters. The summed E-state index contributed by atoms with van der Waals surface area (Å²) >= 11 is 0. The van der Waals surface area contributed by atoms with Crippen LogP contribution in [0.15, 0.2) is 11.1 Å². The maximum atomic E-state index is 10.9. The fourth-order valence-electron chi connectivity index (χ4n) is 0.820. The average Bonchev–Trinajstić information content (AvgIpc) is 2.31. The molecule has 11 heavy (non-hydrogen) atoms. The summed E-state index contributed by atoms with van der Waals surface area (Å²) in [5.41, 5.74) is -0.120. The number of hydrogen-bond donors (Lipinski definition) is 1. The molecule has 0 aromatic carbocycles. The van der Waals surface area contributed by atoms with Crippen LogP contribution in [0, 0.1) is 5.92 Å². The van der Waals surface area contributed by atoms with Gasteiger partial charge in [-0.25, -0.2) is 9.48 Å². The summed E-state index contributed by atoms with van der Waals surface area (Å²) in [6, 6.07) is 0. The molecule has 0 amide bonds. The minimum absolute atomic E-state index is 0.120. The van der Waals surface area contributed by atoms with E-state index < -0.39 is 0 Å². The van der Waals surface area contributed by atoms with E-state index in [-0.39, 0.29) is 5.69 Å². The van der Waals surface area contributed by atoms with Crippen molar-refractivity contribution in [1.82, 2.24) is 14.8 Å². The summed E-state index contributed by atoms with van der Waals surface area (Å²) in [4.78, 5) is 13.4. The highest BCUT2D eigenvalue weighted by atomic mass is 16.1. The van der Waals surface area contributed by atoms with Gasteiger partial charge in [0.2, 0.25) is 0 Å². The molecule has 1 aromatic rings. The number of rotatable bonds is 3. The molecule has 0 spiro atoms. The van der Waals surface area contributed by atoms with E-state index in [4.69, 9.17) is 0 Å². The highest BCUT2D eigenvalue weighted by molar-refractivity contribution is 4.59. The average molecular weight is 155 g/mol. The van der Waals surface area contributed by atoms with Gasteiger partial charge in [0, 0.05) is 6.54 Å². The maximum Gasteiger partial charge on any atom is 0.343 e. The first-order valence-electron chi connectivity index (χ1n) is 3.80. The smallest absolute Gasteiger partial charge is 0.295 e. The van der Waals surface area contributed by atoms with Gasteiger partial charge < -0.3 is 0 Å². The molecule has 0 atom stereocenters. The van der Waals surface area contributed by atoms with Crippen LogP contribution in [0.5, 0.6) is 0 Å². The van der Waals surface area contributed by atoms with Crippen LogP contribution in [-0.4, -0.2) is 14.8 Å². The van der Waals surface area contributed by atoms with Crippen molar-refractivity contribution in [2.75, 3.05) is 0 Å². The molecule has 0 bridgehead atoms. The number of H-pyrrole nitrogens is 1. The Hall–Kier alpha value is -1.06. The van der Waals surface area contributed by atoms with Crippen LogP contribution in [-0.2, 0) is 6.54 Å². The van der Waals surface area contributed by atoms with Gasteiger partial charge in [-0.15, -0.1) is 0 Å². The third-order valence-electron chi connectivity index (χ3n) is 1.54. The lowest BCUT2D eigenvalue weighted by molar-refractivity contribution is 0.477. The molecular weight excluding hydrogens is 142 g/mol. The molecule has 0 aliphatic heterocycles. The summed E-state index contributed by atoms with van der Waals surface area (Å²) in [6.45, 7) is 4.95. The lowest BCUT2D eigenvalue weighted by Gasteiger charge is -2.01. The van der Waals surface area contributed by atoms with Crippen molar-refractivity contribution in [2.24, 2.45) is 5.92 Å². The van der Waals surface area contributed by atoms with Gasteiger partial charge in [0.25, 0.3) is 0 Å². The normalized spacial score (nSPS) is 10.8. The Morgan fingerprint density at radius 2 is 2.45 bits per heavy atom. The Bertz CT molecular complexity index is 261. The van der Waals surface area contributed by atoms with Gasteiger partial charge in [0.1, 0.15) is 6.33 Å². The number of aromatic nitrogens is 3. The second kappa shape index (κ2) is 3.37. The quantitative estimate of drug-likeness (QED) is 0.695. The van der Waals surface area contributed by atoms with Gasteiger partial charge in [0.05, 0.1) is 0 Å². The molecule has 1 rings (SSSR count). The molecule has 62 valence electrons. The van der Waals surface area contributed by atoms with Gasteiger partial charge in [-0.3, -0.25) is 4.98 Å². The second-order valence-electron chi connectivity index (χ2n) is 3.00. The second-order valence-corrected chi connectivity index (χ2v) is 3.00. The molecule has 0 aliphatic rings. The van der Waals surface area contributed by atoms with Crippen molar-refractivity contribution in [3.8, 4) is 0 Å². The monoisotopic (exact) mass is 155 g/mol. The lowest BCUT2D eigenvalue weighted by atomic mass is 10.1. The van der Waals surface area contributed by atoms with Crippen LogP contribution < -0.4 is 5.69 Å². The van der Waals surface area contributed by atoms with Crippen molar-refractivity contribution >= 4 is 0 Å². The number of aryl methyl sites for hydroxylation is 1. The van der Waals surface area contributed by atoms with Gasteiger partial charge in [-0.2, -0.15) is 5.10 Å². The topological polar surface area (TPSA) is 50.7 Å². The molecule has 1 N–H and O–H groups in total.